The summed E-state index contributed by atoms with van der Waals surface area (Å²) in [5.74, 6) is 0.825. The van der Waals surface area contributed by atoms with Crippen molar-refractivity contribution in [1.29, 1.82) is 0 Å². The van der Waals surface area contributed by atoms with Crippen LogP contribution in [0.15, 0.2) is 28.7 Å². The summed E-state index contributed by atoms with van der Waals surface area (Å²) in [5, 5.41) is 8.03. The maximum atomic E-state index is 12.3. The lowest BCUT2D eigenvalue weighted by atomic mass is 10.1. The van der Waals surface area contributed by atoms with E-state index in [1.807, 2.05) is 31.2 Å². The van der Waals surface area contributed by atoms with Crippen LogP contribution >= 0.6 is 0 Å². The first-order valence-electron chi connectivity index (χ1n) is 8.45. The van der Waals surface area contributed by atoms with Gasteiger partial charge in [-0.3, -0.25) is 4.79 Å². The van der Waals surface area contributed by atoms with Crippen LogP contribution in [0.5, 0.6) is 0 Å². The number of carbonyl (C=O) groups is 1. The molecule has 2 aromatic rings. The highest BCUT2D eigenvalue weighted by Crippen LogP contribution is 2.19. The Morgan fingerprint density at radius 3 is 2.38 bits per heavy atom. The number of aromatic nitrogens is 2. The van der Waals surface area contributed by atoms with Crippen LogP contribution in [0.25, 0.3) is 11.5 Å². The van der Waals surface area contributed by atoms with E-state index in [1.165, 1.54) is 10.6 Å². The molecule has 0 radical (unpaired) electrons. The highest BCUT2D eigenvalue weighted by molar-refractivity contribution is 7.88. The van der Waals surface area contributed by atoms with Gasteiger partial charge in [0.2, 0.25) is 27.7 Å². The number of sulfonamides is 1. The third-order valence-corrected chi connectivity index (χ3v) is 5.68. The fourth-order valence-corrected chi connectivity index (χ4v) is 3.64. The molecule has 26 heavy (non-hydrogen) atoms. The third-order valence-electron chi connectivity index (χ3n) is 4.38. The Balaban J connectivity index is 1.52. The first kappa shape index (κ1) is 18.5. The molecule has 0 saturated carbocycles. The van der Waals surface area contributed by atoms with Gasteiger partial charge >= 0.3 is 0 Å². The second-order valence-corrected chi connectivity index (χ2v) is 8.39. The Kier molecular flexibility index (Phi) is 5.38. The van der Waals surface area contributed by atoms with Gasteiger partial charge in [-0.25, -0.2) is 8.42 Å². The van der Waals surface area contributed by atoms with Crippen LogP contribution in [0.2, 0.25) is 0 Å². The fraction of sp³-hybridized carbons (Fsp3) is 0.471. The molecule has 1 aromatic carbocycles. The number of amides is 1. The van der Waals surface area contributed by atoms with Gasteiger partial charge in [0.1, 0.15) is 0 Å². The van der Waals surface area contributed by atoms with Gasteiger partial charge in [-0.1, -0.05) is 17.7 Å². The average Bonchev–Trinajstić information content (AvgIpc) is 3.08. The zero-order chi connectivity index (χ0) is 18.7. The molecule has 0 N–H and O–H groups in total. The van der Waals surface area contributed by atoms with Crippen LogP contribution < -0.4 is 0 Å². The summed E-state index contributed by atoms with van der Waals surface area (Å²) in [4.78, 5) is 14.0. The minimum atomic E-state index is -3.19. The number of nitrogens with zero attached hydrogens (tertiary/aromatic N) is 4. The van der Waals surface area contributed by atoms with E-state index < -0.39 is 10.0 Å². The van der Waals surface area contributed by atoms with E-state index in [2.05, 4.69) is 10.2 Å². The predicted octanol–water partition coefficient (Wildman–Crippen LogP) is 1.08. The standard InChI is InChI=1S/C17H22N4O4S/c1-13-3-5-14(6-4-13)17-19-18-15(25-17)7-8-16(22)20-9-11-21(12-10-20)26(2,23)24/h3-6H,7-12H2,1-2H3. The SMILES string of the molecule is Cc1ccc(-c2nnc(CCC(=O)N3CCN(S(C)(=O)=O)CC3)o2)cc1. The number of piperazine rings is 1. The minimum Gasteiger partial charge on any atom is -0.421 e. The Morgan fingerprint density at radius 2 is 1.77 bits per heavy atom. The molecule has 1 saturated heterocycles. The maximum Gasteiger partial charge on any atom is 0.247 e. The van der Waals surface area contributed by atoms with Gasteiger partial charge < -0.3 is 9.32 Å². The topological polar surface area (TPSA) is 96.6 Å². The van der Waals surface area contributed by atoms with Gasteiger partial charge in [-0.15, -0.1) is 10.2 Å². The van der Waals surface area contributed by atoms with Crippen LogP contribution in [-0.4, -0.2) is 66.2 Å². The lowest BCUT2D eigenvalue weighted by molar-refractivity contribution is -0.132. The minimum absolute atomic E-state index is 0.0340. The van der Waals surface area contributed by atoms with E-state index in [4.69, 9.17) is 4.42 Å². The molecule has 140 valence electrons. The molecule has 1 aliphatic heterocycles. The Bertz CT molecular complexity index is 868. The van der Waals surface area contributed by atoms with E-state index in [9.17, 15) is 13.2 Å². The molecule has 8 nitrogen and oxygen atoms in total. The molecule has 0 bridgehead atoms. The normalized spacial score (nSPS) is 16.0. The van der Waals surface area contributed by atoms with Gasteiger partial charge in [-0.05, 0) is 19.1 Å². The molecular weight excluding hydrogens is 356 g/mol. The number of aryl methyl sites for hydroxylation is 2. The zero-order valence-corrected chi connectivity index (χ0v) is 15.7. The Labute approximate surface area is 152 Å². The summed E-state index contributed by atoms with van der Waals surface area (Å²) < 4.78 is 30.0. The Morgan fingerprint density at radius 1 is 1.12 bits per heavy atom. The molecule has 9 heteroatoms. The van der Waals surface area contributed by atoms with Crippen LogP contribution in [0, 0.1) is 6.92 Å². The summed E-state index contributed by atoms with van der Waals surface area (Å²) in [5.41, 5.74) is 1.99. The quantitative estimate of drug-likeness (QED) is 0.772. The third kappa shape index (κ3) is 4.47. The monoisotopic (exact) mass is 378 g/mol. The highest BCUT2D eigenvalue weighted by atomic mass is 32.2. The number of benzene rings is 1. The van der Waals surface area contributed by atoms with Crippen molar-refractivity contribution in [3.05, 3.63) is 35.7 Å². The summed E-state index contributed by atoms with van der Waals surface area (Å²) in [6.45, 7) is 3.49. The van der Waals surface area contributed by atoms with E-state index in [0.717, 1.165) is 11.1 Å². The van der Waals surface area contributed by atoms with Crippen molar-refractivity contribution in [3.63, 3.8) is 0 Å². The van der Waals surface area contributed by atoms with Gasteiger partial charge in [0.05, 0.1) is 6.26 Å². The number of rotatable bonds is 5. The second kappa shape index (κ2) is 7.55. The molecule has 3 rings (SSSR count). The summed E-state index contributed by atoms with van der Waals surface area (Å²) in [6, 6.07) is 7.77. The van der Waals surface area contributed by atoms with Gasteiger partial charge in [0.25, 0.3) is 0 Å². The average molecular weight is 378 g/mol. The lowest BCUT2D eigenvalue weighted by Gasteiger charge is -2.33. The Hall–Kier alpha value is -2.26. The molecule has 2 heterocycles. The molecule has 0 atom stereocenters. The molecule has 1 aliphatic rings. The first-order valence-corrected chi connectivity index (χ1v) is 10.3. The molecule has 1 amide bonds. The van der Waals surface area contributed by atoms with Gasteiger partial charge in [-0.2, -0.15) is 4.31 Å². The van der Waals surface area contributed by atoms with E-state index >= 15 is 0 Å². The van der Waals surface area contributed by atoms with Gasteiger partial charge in [0, 0.05) is 44.6 Å². The van der Waals surface area contributed by atoms with E-state index in [1.54, 1.807) is 4.90 Å². The van der Waals surface area contributed by atoms with Crippen molar-refractivity contribution < 1.29 is 17.6 Å². The fourth-order valence-electron chi connectivity index (χ4n) is 2.81. The maximum absolute atomic E-state index is 12.3. The summed E-state index contributed by atoms with van der Waals surface area (Å²) in [7, 11) is -3.19. The van der Waals surface area contributed by atoms with Crippen molar-refractivity contribution in [2.75, 3.05) is 32.4 Å². The van der Waals surface area contributed by atoms with Gasteiger partial charge in [0.15, 0.2) is 0 Å². The van der Waals surface area contributed by atoms with Crippen LogP contribution in [0.4, 0.5) is 0 Å². The molecular formula is C17H22N4O4S. The van der Waals surface area contributed by atoms with Crippen molar-refractivity contribution in [2.24, 2.45) is 0 Å². The lowest BCUT2D eigenvalue weighted by Crippen LogP contribution is -2.50. The predicted molar refractivity (Wildman–Crippen MR) is 95.8 cm³/mol. The summed E-state index contributed by atoms with van der Waals surface area (Å²) >= 11 is 0. The van der Waals surface area contributed by atoms with Crippen LogP contribution in [-0.2, 0) is 21.2 Å². The van der Waals surface area contributed by atoms with Crippen molar-refractivity contribution >= 4 is 15.9 Å². The van der Waals surface area contributed by atoms with Crippen LogP contribution in [0.1, 0.15) is 17.9 Å². The summed E-state index contributed by atoms with van der Waals surface area (Å²) in [6.07, 6.45) is 1.81. The molecule has 1 aromatic heterocycles. The van der Waals surface area contributed by atoms with E-state index in [0.29, 0.717) is 44.4 Å². The first-order chi connectivity index (χ1) is 12.3. The smallest absolute Gasteiger partial charge is 0.247 e. The molecule has 0 unspecified atom stereocenters. The van der Waals surface area contributed by atoms with Crippen LogP contribution in [0.3, 0.4) is 0 Å². The molecule has 1 fully saturated rings. The van der Waals surface area contributed by atoms with Crippen molar-refractivity contribution in [3.8, 4) is 11.5 Å². The number of hydrogen-bond acceptors (Lipinski definition) is 6. The van der Waals surface area contributed by atoms with Crippen molar-refractivity contribution in [1.82, 2.24) is 19.4 Å². The highest BCUT2D eigenvalue weighted by Gasteiger charge is 2.26. The molecule has 0 aliphatic carbocycles. The second-order valence-electron chi connectivity index (χ2n) is 6.41. The number of hydrogen-bond donors (Lipinski definition) is 0. The largest absolute Gasteiger partial charge is 0.421 e. The van der Waals surface area contributed by atoms with E-state index in [-0.39, 0.29) is 12.3 Å². The zero-order valence-electron chi connectivity index (χ0n) is 14.9. The number of carbonyl (C=O) groups excluding carboxylic acids is 1. The van der Waals surface area contributed by atoms with Crippen molar-refractivity contribution in [2.45, 2.75) is 19.8 Å². The molecule has 0 spiro atoms.